The predicted octanol–water partition coefficient (Wildman–Crippen LogP) is 1.73. The molecular formula is C10H9NO4. The maximum Gasteiger partial charge on any atom is 0.273 e. The number of nitro groups is 1. The van der Waals surface area contributed by atoms with Gasteiger partial charge < -0.3 is 4.74 Å². The molecule has 2 rings (SSSR count). The Morgan fingerprint density at radius 1 is 1.40 bits per heavy atom. The number of ether oxygens (including phenoxy) is 1. The van der Waals surface area contributed by atoms with Crippen LogP contribution in [0.2, 0.25) is 0 Å². The Hall–Kier alpha value is -1.91. The molecule has 1 aliphatic carbocycles. The van der Waals surface area contributed by atoms with E-state index in [-0.39, 0.29) is 11.5 Å². The van der Waals surface area contributed by atoms with Gasteiger partial charge in [0.25, 0.3) is 5.69 Å². The van der Waals surface area contributed by atoms with Crippen molar-refractivity contribution in [3.63, 3.8) is 0 Å². The normalized spacial score (nSPS) is 13.8. The van der Waals surface area contributed by atoms with Crippen LogP contribution in [0.3, 0.4) is 0 Å². The molecule has 0 bridgehead atoms. The monoisotopic (exact) mass is 207 g/mol. The van der Waals surface area contributed by atoms with E-state index in [2.05, 4.69) is 0 Å². The Bertz CT molecular complexity index is 453. The number of hydrogen-bond donors (Lipinski definition) is 0. The first-order valence-electron chi connectivity index (χ1n) is 4.52. The average molecular weight is 207 g/mol. The third-order valence-corrected chi connectivity index (χ3v) is 2.53. The first-order valence-corrected chi connectivity index (χ1v) is 4.52. The van der Waals surface area contributed by atoms with Crippen molar-refractivity contribution in [2.75, 3.05) is 7.11 Å². The first kappa shape index (κ1) is 9.64. The largest absolute Gasteiger partial charge is 0.496 e. The van der Waals surface area contributed by atoms with E-state index in [0.29, 0.717) is 24.2 Å². The van der Waals surface area contributed by atoms with Crippen LogP contribution in [0.1, 0.15) is 22.3 Å². The summed E-state index contributed by atoms with van der Waals surface area (Å²) in [6, 6.07) is 2.69. The molecule has 0 fully saturated rings. The molecule has 15 heavy (non-hydrogen) atoms. The number of ketones is 1. The summed E-state index contributed by atoms with van der Waals surface area (Å²) in [6.07, 6.45) is 1.02. The Labute approximate surface area is 85.8 Å². The second-order valence-electron chi connectivity index (χ2n) is 3.35. The molecule has 0 heterocycles. The summed E-state index contributed by atoms with van der Waals surface area (Å²) in [7, 11) is 1.45. The van der Waals surface area contributed by atoms with Crippen molar-refractivity contribution in [3.05, 3.63) is 33.4 Å². The Balaban J connectivity index is 2.63. The molecule has 0 saturated carbocycles. The molecule has 5 nitrogen and oxygen atoms in total. The molecule has 0 unspecified atom stereocenters. The van der Waals surface area contributed by atoms with E-state index in [0.717, 1.165) is 5.56 Å². The topological polar surface area (TPSA) is 69.4 Å². The smallest absolute Gasteiger partial charge is 0.273 e. The van der Waals surface area contributed by atoms with Gasteiger partial charge in [-0.05, 0) is 6.42 Å². The van der Waals surface area contributed by atoms with Gasteiger partial charge in [-0.25, -0.2) is 0 Å². The fraction of sp³-hybridized carbons (Fsp3) is 0.300. The number of nitrogens with zero attached hydrogens (tertiary/aromatic N) is 1. The van der Waals surface area contributed by atoms with Crippen LogP contribution in [0, 0.1) is 10.1 Å². The van der Waals surface area contributed by atoms with Gasteiger partial charge in [0.15, 0.2) is 5.78 Å². The summed E-state index contributed by atoms with van der Waals surface area (Å²) < 4.78 is 5.04. The zero-order chi connectivity index (χ0) is 11.0. The maximum absolute atomic E-state index is 11.4. The third kappa shape index (κ3) is 1.45. The zero-order valence-corrected chi connectivity index (χ0v) is 8.15. The van der Waals surface area contributed by atoms with Gasteiger partial charge in [-0.2, -0.15) is 0 Å². The number of methoxy groups -OCH3 is 1. The summed E-state index contributed by atoms with van der Waals surface area (Å²) in [5.41, 5.74) is 1.12. The van der Waals surface area contributed by atoms with E-state index in [1.807, 2.05) is 0 Å². The van der Waals surface area contributed by atoms with Crippen LogP contribution >= 0.6 is 0 Å². The van der Waals surface area contributed by atoms with Gasteiger partial charge in [0.1, 0.15) is 5.75 Å². The summed E-state index contributed by atoms with van der Waals surface area (Å²) in [5, 5.41) is 10.6. The highest BCUT2D eigenvalue weighted by Gasteiger charge is 2.26. The molecule has 78 valence electrons. The minimum Gasteiger partial charge on any atom is -0.496 e. The Kier molecular flexibility index (Phi) is 2.15. The van der Waals surface area contributed by atoms with Crippen LogP contribution in [0.25, 0.3) is 0 Å². The number of nitro benzene ring substituents is 1. The quantitative estimate of drug-likeness (QED) is 0.547. The van der Waals surface area contributed by atoms with Crippen molar-refractivity contribution >= 4 is 11.5 Å². The fourth-order valence-electron chi connectivity index (χ4n) is 1.80. The third-order valence-electron chi connectivity index (χ3n) is 2.53. The minimum atomic E-state index is -0.519. The van der Waals surface area contributed by atoms with Crippen LogP contribution in [-0.2, 0) is 6.42 Å². The summed E-state index contributed by atoms with van der Waals surface area (Å²) in [5.74, 6) is 0.386. The molecule has 1 aromatic carbocycles. The van der Waals surface area contributed by atoms with Crippen molar-refractivity contribution in [2.45, 2.75) is 12.8 Å². The van der Waals surface area contributed by atoms with Gasteiger partial charge in [0.05, 0.1) is 18.1 Å². The molecule has 0 amide bonds. The van der Waals surface area contributed by atoms with E-state index in [1.165, 1.54) is 19.2 Å². The van der Waals surface area contributed by atoms with E-state index < -0.39 is 4.92 Å². The van der Waals surface area contributed by atoms with Crippen molar-refractivity contribution < 1.29 is 14.5 Å². The molecule has 5 heteroatoms. The summed E-state index contributed by atoms with van der Waals surface area (Å²) in [4.78, 5) is 21.5. The zero-order valence-electron chi connectivity index (χ0n) is 8.15. The van der Waals surface area contributed by atoms with Crippen LogP contribution < -0.4 is 4.74 Å². The predicted molar refractivity (Wildman–Crippen MR) is 52.3 cm³/mol. The lowest BCUT2D eigenvalue weighted by atomic mass is 10.1. The highest BCUT2D eigenvalue weighted by Crippen LogP contribution is 2.34. The molecular weight excluding hydrogens is 198 g/mol. The van der Waals surface area contributed by atoms with Crippen LogP contribution in [0.5, 0.6) is 5.75 Å². The summed E-state index contributed by atoms with van der Waals surface area (Å²) in [6.45, 7) is 0. The van der Waals surface area contributed by atoms with Crippen molar-refractivity contribution in [1.29, 1.82) is 0 Å². The van der Waals surface area contributed by atoms with Gasteiger partial charge >= 0.3 is 0 Å². The number of Topliss-reactive ketones (excluding diaryl/α,β-unsaturated/α-hetero) is 1. The van der Waals surface area contributed by atoms with E-state index in [9.17, 15) is 14.9 Å². The van der Waals surface area contributed by atoms with Crippen LogP contribution in [0.4, 0.5) is 5.69 Å². The Morgan fingerprint density at radius 2 is 2.13 bits per heavy atom. The van der Waals surface area contributed by atoms with Gasteiger partial charge in [0.2, 0.25) is 0 Å². The standard InChI is InChI=1S/C10H9NO4/c1-15-10-5-6(11(13)14)4-8-7(10)2-3-9(8)12/h4-5H,2-3H2,1H3. The molecule has 0 radical (unpaired) electrons. The lowest BCUT2D eigenvalue weighted by Crippen LogP contribution is -1.97. The molecule has 0 aromatic heterocycles. The van der Waals surface area contributed by atoms with Crippen LogP contribution in [-0.4, -0.2) is 17.8 Å². The number of carbonyl (C=O) groups excluding carboxylic acids is 1. The van der Waals surface area contributed by atoms with E-state index in [4.69, 9.17) is 4.74 Å². The number of non-ortho nitro benzene ring substituents is 1. The molecule has 0 saturated heterocycles. The number of hydrogen-bond acceptors (Lipinski definition) is 4. The second-order valence-corrected chi connectivity index (χ2v) is 3.35. The van der Waals surface area contributed by atoms with E-state index >= 15 is 0 Å². The lowest BCUT2D eigenvalue weighted by Gasteiger charge is -2.05. The second kappa shape index (κ2) is 3.34. The highest BCUT2D eigenvalue weighted by molar-refractivity contribution is 6.01. The van der Waals surface area contributed by atoms with E-state index in [1.54, 1.807) is 0 Å². The molecule has 1 aliphatic rings. The SMILES string of the molecule is COc1cc([N+](=O)[O-])cc2c1CCC2=O. The van der Waals surface area contributed by atoms with Crippen molar-refractivity contribution in [1.82, 2.24) is 0 Å². The summed E-state index contributed by atoms with van der Waals surface area (Å²) >= 11 is 0. The van der Waals surface area contributed by atoms with Gasteiger partial charge in [-0.15, -0.1) is 0 Å². The van der Waals surface area contributed by atoms with Gasteiger partial charge in [-0.3, -0.25) is 14.9 Å². The minimum absolute atomic E-state index is 0.0491. The Morgan fingerprint density at radius 3 is 2.73 bits per heavy atom. The fourth-order valence-corrected chi connectivity index (χ4v) is 1.80. The number of rotatable bonds is 2. The van der Waals surface area contributed by atoms with Crippen LogP contribution in [0.15, 0.2) is 12.1 Å². The maximum atomic E-state index is 11.4. The van der Waals surface area contributed by atoms with Crippen molar-refractivity contribution in [3.8, 4) is 5.75 Å². The number of benzene rings is 1. The average Bonchev–Trinajstić information content (AvgIpc) is 2.59. The number of fused-ring (bicyclic) bond motifs is 1. The first-order chi connectivity index (χ1) is 7.13. The van der Waals surface area contributed by atoms with Gasteiger partial charge in [-0.1, -0.05) is 0 Å². The molecule has 0 aliphatic heterocycles. The van der Waals surface area contributed by atoms with Gasteiger partial charge in [0, 0.05) is 23.6 Å². The molecule has 0 atom stereocenters. The highest BCUT2D eigenvalue weighted by atomic mass is 16.6. The van der Waals surface area contributed by atoms with Crippen molar-refractivity contribution in [2.24, 2.45) is 0 Å². The number of carbonyl (C=O) groups is 1. The molecule has 0 N–H and O–H groups in total. The lowest BCUT2D eigenvalue weighted by molar-refractivity contribution is -0.385. The molecule has 1 aromatic rings. The molecule has 0 spiro atoms.